The number of benzene rings is 3. The number of ketones is 1. The third-order valence-corrected chi connectivity index (χ3v) is 6.92. The maximum atomic E-state index is 13.6. The number of aliphatic hydroxyl groups is 1. The van der Waals surface area contributed by atoms with Crippen molar-refractivity contribution in [2.75, 3.05) is 50.8 Å². The summed E-state index contributed by atoms with van der Waals surface area (Å²) in [6.07, 6.45) is 0. The van der Waals surface area contributed by atoms with Crippen LogP contribution < -0.4 is 28.7 Å². The van der Waals surface area contributed by atoms with Crippen LogP contribution in [0.2, 0.25) is 0 Å². The topological polar surface area (TPSA) is 97.8 Å². The van der Waals surface area contributed by atoms with Gasteiger partial charge in [0.2, 0.25) is 0 Å². The predicted molar refractivity (Wildman–Crippen MR) is 147 cm³/mol. The number of methoxy groups -OCH3 is 2. The Kier molecular flexibility index (Phi) is 7.06. The molecule has 9 nitrogen and oxygen atoms in total. The van der Waals surface area contributed by atoms with Crippen LogP contribution in [-0.4, -0.2) is 57.8 Å². The molecular weight excluding hydrogens is 500 g/mol. The Morgan fingerprint density at radius 3 is 2.44 bits per heavy atom. The molecule has 202 valence electrons. The van der Waals surface area contributed by atoms with E-state index in [0.29, 0.717) is 59.6 Å². The zero-order valence-corrected chi connectivity index (χ0v) is 22.3. The van der Waals surface area contributed by atoms with Crippen molar-refractivity contribution < 1.29 is 33.6 Å². The van der Waals surface area contributed by atoms with Gasteiger partial charge in [-0.25, -0.2) is 0 Å². The monoisotopic (exact) mass is 530 g/mol. The number of fused-ring (bicyclic) bond motifs is 1. The van der Waals surface area contributed by atoms with Gasteiger partial charge in [-0.3, -0.25) is 14.5 Å². The number of aliphatic hydroxyl groups excluding tert-OH is 1. The van der Waals surface area contributed by atoms with Crippen LogP contribution in [0.3, 0.4) is 0 Å². The van der Waals surface area contributed by atoms with E-state index < -0.39 is 17.7 Å². The highest BCUT2D eigenvalue weighted by Crippen LogP contribution is 2.45. The summed E-state index contributed by atoms with van der Waals surface area (Å²) in [7, 11) is 4.97. The summed E-state index contributed by atoms with van der Waals surface area (Å²) >= 11 is 0. The number of hydrogen-bond acceptors (Lipinski definition) is 8. The first-order valence-corrected chi connectivity index (χ1v) is 12.6. The fourth-order valence-corrected chi connectivity index (χ4v) is 4.96. The minimum atomic E-state index is -0.923. The van der Waals surface area contributed by atoms with Crippen molar-refractivity contribution in [3.05, 3.63) is 77.4 Å². The molecule has 0 aliphatic carbocycles. The first-order valence-electron chi connectivity index (χ1n) is 12.6. The number of Topliss-reactive ketones (excluding diaryl/α,β-unsaturated/α-hetero) is 1. The number of carbonyl (C=O) groups excluding carboxylic acids is 2. The van der Waals surface area contributed by atoms with Crippen LogP contribution in [0.5, 0.6) is 23.0 Å². The van der Waals surface area contributed by atoms with Gasteiger partial charge in [-0.2, -0.15) is 0 Å². The highest BCUT2D eigenvalue weighted by molar-refractivity contribution is 6.51. The summed E-state index contributed by atoms with van der Waals surface area (Å²) in [6.45, 7) is 3.62. The number of carbonyl (C=O) groups is 2. The first-order chi connectivity index (χ1) is 18.9. The molecule has 1 atom stereocenters. The largest absolute Gasteiger partial charge is 0.507 e. The van der Waals surface area contributed by atoms with Gasteiger partial charge in [-0.15, -0.1) is 0 Å². The molecule has 1 saturated heterocycles. The molecule has 0 saturated carbocycles. The minimum Gasteiger partial charge on any atom is -0.507 e. The summed E-state index contributed by atoms with van der Waals surface area (Å²) in [5.41, 5.74) is 2.22. The minimum absolute atomic E-state index is 0.0274. The fraction of sp³-hybridized carbons (Fsp3) is 0.267. The second-order valence-corrected chi connectivity index (χ2v) is 9.16. The van der Waals surface area contributed by atoms with E-state index in [4.69, 9.17) is 18.9 Å². The average Bonchev–Trinajstić information content (AvgIpc) is 3.22. The van der Waals surface area contributed by atoms with Crippen LogP contribution in [-0.2, 0) is 9.59 Å². The van der Waals surface area contributed by atoms with E-state index in [0.717, 1.165) is 5.69 Å². The lowest BCUT2D eigenvalue weighted by molar-refractivity contribution is -0.132. The summed E-state index contributed by atoms with van der Waals surface area (Å²) in [6, 6.07) is 16.4. The van der Waals surface area contributed by atoms with Crippen molar-refractivity contribution in [1.29, 1.82) is 0 Å². The van der Waals surface area contributed by atoms with E-state index in [1.54, 1.807) is 60.7 Å². The molecular formula is C30H30N2O7. The normalized spacial score (nSPS) is 18.0. The maximum Gasteiger partial charge on any atom is 0.300 e. The molecule has 0 spiro atoms. The molecule has 2 aliphatic rings. The lowest BCUT2D eigenvalue weighted by atomic mass is 9.94. The molecule has 0 bridgehead atoms. The molecule has 1 unspecified atom stereocenters. The Balaban J connectivity index is 1.69. The highest BCUT2D eigenvalue weighted by Gasteiger charge is 2.47. The molecule has 3 aromatic rings. The van der Waals surface area contributed by atoms with Crippen LogP contribution in [0.25, 0.3) is 5.76 Å². The van der Waals surface area contributed by atoms with Crippen LogP contribution in [0, 0.1) is 0 Å². The molecule has 9 heteroatoms. The molecule has 1 fully saturated rings. The molecule has 39 heavy (non-hydrogen) atoms. The molecule has 5 rings (SSSR count). The lowest BCUT2D eigenvalue weighted by Gasteiger charge is -2.28. The number of amides is 1. The number of anilines is 2. The van der Waals surface area contributed by atoms with Gasteiger partial charge in [0.05, 0.1) is 44.7 Å². The predicted octanol–water partition coefficient (Wildman–Crippen LogP) is 4.56. The van der Waals surface area contributed by atoms with Gasteiger partial charge in [0.15, 0.2) is 11.5 Å². The van der Waals surface area contributed by atoms with Crippen molar-refractivity contribution in [1.82, 2.24) is 0 Å². The first kappa shape index (κ1) is 26.0. The molecule has 1 amide bonds. The molecule has 1 N–H and O–H groups in total. The van der Waals surface area contributed by atoms with Gasteiger partial charge in [0, 0.05) is 18.3 Å². The van der Waals surface area contributed by atoms with Crippen molar-refractivity contribution in [3.8, 4) is 23.0 Å². The Morgan fingerprint density at radius 2 is 1.74 bits per heavy atom. The number of ether oxygens (including phenoxy) is 4. The van der Waals surface area contributed by atoms with E-state index in [2.05, 4.69) is 0 Å². The summed E-state index contributed by atoms with van der Waals surface area (Å²) in [5, 5.41) is 11.6. The third kappa shape index (κ3) is 4.60. The maximum absolute atomic E-state index is 13.6. The van der Waals surface area contributed by atoms with Crippen molar-refractivity contribution in [2.24, 2.45) is 0 Å². The van der Waals surface area contributed by atoms with Crippen LogP contribution in [0.15, 0.2) is 66.2 Å². The van der Waals surface area contributed by atoms with E-state index in [1.807, 2.05) is 18.9 Å². The summed E-state index contributed by atoms with van der Waals surface area (Å²) < 4.78 is 22.2. The quantitative estimate of drug-likeness (QED) is 0.270. The molecule has 2 aliphatic heterocycles. The van der Waals surface area contributed by atoms with Gasteiger partial charge < -0.3 is 29.0 Å². The van der Waals surface area contributed by atoms with Crippen LogP contribution in [0.1, 0.15) is 24.1 Å². The van der Waals surface area contributed by atoms with Crippen LogP contribution >= 0.6 is 0 Å². The number of hydrogen-bond donors (Lipinski definition) is 1. The molecule has 2 heterocycles. The van der Waals surface area contributed by atoms with Crippen LogP contribution in [0.4, 0.5) is 11.4 Å². The molecule has 0 aromatic heterocycles. The zero-order valence-electron chi connectivity index (χ0n) is 22.3. The SMILES string of the molecule is CCOc1ccc(N2C(=O)C(=O)/C(=C(/O)c3ccc4c(c3)N(C)CCO4)C2c2ccc(OC)c(OC)c2)cc1. The fourth-order valence-electron chi connectivity index (χ4n) is 4.96. The van der Waals surface area contributed by atoms with Gasteiger partial charge in [-0.1, -0.05) is 6.07 Å². The van der Waals surface area contributed by atoms with Crippen molar-refractivity contribution >= 4 is 28.8 Å². The summed E-state index contributed by atoms with van der Waals surface area (Å²) in [5.74, 6) is 0.440. The van der Waals surface area contributed by atoms with Gasteiger partial charge in [-0.05, 0) is 67.1 Å². The summed E-state index contributed by atoms with van der Waals surface area (Å²) in [4.78, 5) is 30.5. The second kappa shape index (κ2) is 10.6. The molecule has 3 aromatic carbocycles. The number of nitrogens with zero attached hydrogens (tertiary/aromatic N) is 2. The highest BCUT2D eigenvalue weighted by atomic mass is 16.5. The molecule has 0 radical (unpaired) electrons. The zero-order chi connectivity index (χ0) is 27.7. The van der Waals surface area contributed by atoms with E-state index in [1.165, 1.54) is 19.1 Å². The van der Waals surface area contributed by atoms with E-state index >= 15 is 0 Å². The standard InChI is InChI=1S/C30H30N2O7/c1-5-38-21-10-8-20(9-11-21)32-27(18-6-13-24(36-3)25(17-18)37-4)26(29(34)30(32)35)28(33)19-7-12-23-22(16-19)31(2)14-15-39-23/h6-13,16-17,27,33H,5,14-15H2,1-4H3/b28-26+. The van der Waals surface area contributed by atoms with E-state index in [-0.39, 0.29) is 11.3 Å². The number of likely N-dealkylation sites (N-methyl/N-ethyl adjacent to an activating group) is 1. The Morgan fingerprint density at radius 1 is 1.00 bits per heavy atom. The smallest absolute Gasteiger partial charge is 0.300 e. The van der Waals surface area contributed by atoms with Gasteiger partial charge >= 0.3 is 0 Å². The van der Waals surface area contributed by atoms with Gasteiger partial charge in [0.1, 0.15) is 23.9 Å². The Labute approximate surface area is 226 Å². The van der Waals surface area contributed by atoms with Gasteiger partial charge in [0.25, 0.3) is 11.7 Å². The second-order valence-electron chi connectivity index (χ2n) is 9.16. The van der Waals surface area contributed by atoms with E-state index in [9.17, 15) is 14.7 Å². The van der Waals surface area contributed by atoms with Crippen molar-refractivity contribution in [3.63, 3.8) is 0 Å². The average molecular weight is 531 g/mol. The Hall–Kier alpha value is -4.66. The Bertz CT molecular complexity index is 1450. The third-order valence-electron chi connectivity index (χ3n) is 6.92. The number of rotatable bonds is 7. The lowest BCUT2D eigenvalue weighted by Crippen LogP contribution is -2.29. The van der Waals surface area contributed by atoms with Crippen molar-refractivity contribution in [2.45, 2.75) is 13.0 Å².